The van der Waals surface area contributed by atoms with Crippen LogP contribution < -0.4 is 4.74 Å². The Labute approximate surface area is 110 Å². The minimum atomic E-state index is -0.240. The molecule has 0 radical (unpaired) electrons. The molecule has 0 aliphatic carbocycles. The second-order valence-electron chi connectivity index (χ2n) is 3.97. The van der Waals surface area contributed by atoms with Gasteiger partial charge in [0.1, 0.15) is 5.75 Å². The monoisotopic (exact) mass is 300 g/mol. The number of carbonyl (C=O) groups is 1. The summed E-state index contributed by atoms with van der Waals surface area (Å²) in [6, 6.07) is 7.53. The zero-order valence-corrected chi connectivity index (χ0v) is 11.7. The van der Waals surface area contributed by atoms with Crippen LogP contribution in [0.25, 0.3) is 0 Å². The summed E-state index contributed by atoms with van der Waals surface area (Å²) in [5, 5.41) is 0.912. The summed E-state index contributed by atoms with van der Waals surface area (Å²) in [5.74, 6) is 1.01. The lowest BCUT2D eigenvalue weighted by Gasteiger charge is -2.11. The molecular formula is C13H17BrO3. The number of benzene rings is 1. The number of methoxy groups -OCH3 is 1. The van der Waals surface area contributed by atoms with Gasteiger partial charge < -0.3 is 9.47 Å². The van der Waals surface area contributed by atoms with Crippen LogP contribution in [0.5, 0.6) is 5.75 Å². The molecule has 1 aromatic carbocycles. The third-order valence-corrected chi connectivity index (χ3v) is 3.38. The van der Waals surface area contributed by atoms with E-state index < -0.39 is 0 Å². The zero-order valence-electron chi connectivity index (χ0n) is 10.1. The van der Waals surface area contributed by atoms with Gasteiger partial charge in [-0.3, -0.25) is 4.79 Å². The lowest BCUT2D eigenvalue weighted by atomic mass is 10.1. The predicted octanol–water partition coefficient (Wildman–Crippen LogP) is 2.81. The SMILES string of the molecule is COC(=O)Cc1cccc(OC[C@H](C)CBr)c1. The third-order valence-electron chi connectivity index (χ3n) is 2.27. The van der Waals surface area contributed by atoms with Crippen molar-refractivity contribution in [3.63, 3.8) is 0 Å². The Hall–Kier alpha value is -1.03. The van der Waals surface area contributed by atoms with Gasteiger partial charge in [0.05, 0.1) is 20.1 Å². The first-order valence-electron chi connectivity index (χ1n) is 5.50. The van der Waals surface area contributed by atoms with Crippen molar-refractivity contribution in [1.29, 1.82) is 0 Å². The van der Waals surface area contributed by atoms with Gasteiger partial charge in [-0.25, -0.2) is 0 Å². The Morgan fingerprint density at radius 2 is 2.24 bits per heavy atom. The van der Waals surface area contributed by atoms with E-state index in [1.54, 1.807) is 0 Å². The molecule has 0 saturated heterocycles. The van der Waals surface area contributed by atoms with Crippen molar-refractivity contribution in [1.82, 2.24) is 0 Å². The molecule has 0 aliphatic heterocycles. The Kier molecular flexibility index (Phi) is 6.05. The molecule has 1 aromatic rings. The highest BCUT2D eigenvalue weighted by Gasteiger charge is 2.05. The summed E-state index contributed by atoms with van der Waals surface area (Å²) in [4.78, 5) is 11.1. The summed E-state index contributed by atoms with van der Waals surface area (Å²) in [6.45, 7) is 2.76. The fourth-order valence-corrected chi connectivity index (χ4v) is 1.45. The summed E-state index contributed by atoms with van der Waals surface area (Å²) in [5.41, 5.74) is 0.904. The van der Waals surface area contributed by atoms with Crippen molar-refractivity contribution >= 4 is 21.9 Å². The van der Waals surface area contributed by atoms with Crippen molar-refractivity contribution in [2.45, 2.75) is 13.3 Å². The number of ether oxygens (including phenoxy) is 2. The van der Waals surface area contributed by atoms with E-state index in [4.69, 9.17) is 4.74 Å². The topological polar surface area (TPSA) is 35.5 Å². The van der Waals surface area contributed by atoms with Gasteiger partial charge in [0, 0.05) is 5.33 Å². The highest BCUT2D eigenvalue weighted by Crippen LogP contribution is 2.15. The molecule has 0 heterocycles. The van der Waals surface area contributed by atoms with Crippen LogP contribution in [0.4, 0.5) is 0 Å². The van der Waals surface area contributed by atoms with Crippen LogP contribution in [-0.2, 0) is 16.0 Å². The maximum absolute atomic E-state index is 11.1. The second-order valence-corrected chi connectivity index (χ2v) is 4.62. The Morgan fingerprint density at radius 1 is 1.47 bits per heavy atom. The standard InChI is InChI=1S/C13H17BrO3/c1-10(8-14)9-17-12-5-3-4-11(6-12)7-13(15)16-2/h3-6,10H,7-9H2,1-2H3/t10-/m1/s1. The number of esters is 1. The van der Waals surface area contributed by atoms with Crippen molar-refractivity contribution in [2.75, 3.05) is 19.0 Å². The predicted molar refractivity (Wildman–Crippen MR) is 70.6 cm³/mol. The molecule has 3 nitrogen and oxygen atoms in total. The molecule has 0 aromatic heterocycles. The van der Waals surface area contributed by atoms with E-state index in [-0.39, 0.29) is 12.4 Å². The van der Waals surface area contributed by atoms with Gasteiger partial charge in [0.15, 0.2) is 0 Å². The van der Waals surface area contributed by atoms with Crippen LogP contribution in [0, 0.1) is 5.92 Å². The molecule has 0 fully saturated rings. The smallest absolute Gasteiger partial charge is 0.309 e. The number of carbonyl (C=O) groups excluding carboxylic acids is 1. The molecule has 0 saturated carbocycles. The van der Waals surface area contributed by atoms with E-state index in [0.717, 1.165) is 16.6 Å². The first-order valence-corrected chi connectivity index (χ1v) is 6.62. The van der Waals surface area contributed by atoms with Crippen molar-refractivity contribution < 1.29 is 14.3 Å². The molecule has 0 bridgehead atoms. The molecule has 17 heavy (non-hydrogen) atoms. The first kappa shape index (κ1) is 14.0. The van der Waals surface area contributed by atoms with Crippen LogP contribution in [0.15, 0.2) is 24.3 Å². The third kappa shape index (κ3) is 5.22. The Balaban J connectivity index is 2.56. The lowest BCUT2D eigenvalue weighted by Crippen LogP contribution is -2.10. The molecule has 0 unspecified atom stereocenters. The van der Waals surface area contributed by atoms with Gasteiger partial charge in [-0.05, 0) is 23.6 Å². The highest BCUT2D eigenvalue weighted by atomic mass is 79.9. The summed E-state index contributed by atoms with van der Waals surface area (Å²) >= 11 is 3.40. The van der Waals surface area contributed by atoms with E-state index in [1.165, 1.54) is 7.11 Å². The normalized spacial score (nSPS) is 11.9. The van der Waals surface area contributed by atoms with Gasteiger partial charge in [-0.15, -0.1) is 0 Å². The van der Waals surface area contributed by atoms with Gasteiger partial charge in [0.25, 0.3) is 0 Å². The first-order chi connectivity index (χ1) is 8.15. The van der Waals surface area contributed by atoms with Crippen LogP contribution in [-0.4, -0.2) is 25.0 Å². The molecule has 1 rings (SSSR count). The molecule has 0 aliphatic rings. The number of alkyl halides is 1. The van der Waals surface area contributed by atoms with E-state index in [9.17, 15) is 4.79 Å². The van der Waals surface area contributed by atoms with E-state index >= 15 is 0 Å². The molecule has 0 spiro atoms. The Morgan fingerprint density at radius 3 is 2.88 bits per heavy atom. The number of hydrogen-bond acceptors (Lipinski definition) is 3. The highest BCUT2D eigenvalue weighted by molar-refractivity contribution is 9.09. The number of hydrogen-bond donors (Lipinski definition) is 0. The minimum absolute atomic E-state index is 0.240. The zero-order chi connectivity index (χ0) is 12.7. The van der Waals surface area contributed by atoms with Crippen molar-refractivity contribution in [2.24, 2.45) is 5.92 Å². The average Bonchev–Trinajstić information content (AvgIpc) is 2.36. The van der Waals surface area contributed by atoms with E-state index in [1.807, 2.05) is 24.3 Å². The largest absolute Gasteiger partial charge is 0.493 e. The van der Waals surface area contributed by atoms with Crippen molar-refractivity contribution in [3.05, 3.63) is 29.8 Å². The van der Waals surface area contributed by atoms with Gasteiger partial charge in [-0.2, -0.15) is 0 Å². The number of rotatable bonds is 6. The summed E-state index contributed by atoms with van der Waals surface area (Å²) in [6.07, 6.45) is 0.279. The van der Waals surface area contributed by atoms with E-state index in [0.29, 0.717) is 12.5 Å². The van der Waals surface area contributed by atoms with Gasteiger partial charge in [0.2, 0.25) is 0 Å². The summed E-state index contributed by atoms with van der Waals surface area (Å²) in [7, 11) is 1.39. The molecular weight excluding hydrogens is 284 g/mol. The molecule has 0 N–H and O–H groups in total. The molecule has 0 amide bonds. The molecule has 1 atom stereocenters. The maximum atomic E-state index is 11.1. The van der Waals surface area contributed by atoms with Crippen LogP contribution >= 0.6 is 15.9 Å². The van der Waals surface area contributed by atoms with Gasteiger partial charge >= 0.3 is 5.97 Å². The molecule has 4 heteroatoms. The molecule has 94 valence electrons. The lowest BCUT2D eigenvalue weighted by molar-refractivity contribution is -0.139. The fraction of sp³-hybridized carbons (Fsp3) is 0.462. The quantitative estimate of drug-likeness (QED) is 0.599. The summed E-state index contributed by atoms with van der Waals surface area (Å²) < 4.78 is 10.3. The fourth-order valence-electron chi connectivity index (χ4n) is 1.27. The van der Waals surface area contributed by atoms with Crippen LogP contribution in [0.3, 0.4) is 0 Å². The van der Waals surface area contributed by atoms with Crippen molar-refractivity contribution in [3.8, 4) is 5.75 Å². The van der Waals surface area contributed by atoms with Crippen LogP contribution in [0.1, 0.15) is 12.5 Å². The Bertz CT molecular complexity index is 365. The minimum Gasteiger partial charge on any atom is -0.493 e. The van der Waals surface area contributed by atoms with E-state index in [2.05, 4.69) is 27.6 Å². The second kappa shape index (κ2) is 7.33. The average molecular weight is 301 g/mol. The van der Waals surface area contributed by atoms with Gasteiger partial charge in [-0.1, -0.05) is 35.0 Å². The number of halogens is 1. The van der Waals surface area contributed by atoms with Crippen LogP contribution in [0.2, 0.25) is 0 Å². The maximum Gasteiger partial charge on any atom is 0.309 e.